The number of aliphatic hydroxyl groups is 1. The van der Waals surface area contributed by atoms with Crippen LogP contribution >= 0.6 is 0 Å². The van der Waals surface area contributed by atoms with Crippen LogP contribution in [-0.2, 0) is 0 Å². The van der Waals surface area contributed by atoms with Crippen molar-refractivity contribution in [3.05, 3.63) is 28.6 Å². The maximum absolute atomic E-state index is 12.1. The molecule has 1 fully saturated rings. The van der Waals surface area contributed by atoms with Crippen LogP contribution in [0.25, 0.3) is 10.9 Å². The molecule has 100 valence electrons. The van der Waals surface area contributed by atoms with Gasteiger partial charge in [0.25, 0.3) is 5.56 Å². The van der Waals surface area contributed by atoms with E-state index < -0.39 is 0 Å². The maximum Gasteiger partial charge on any atom is 0.260 e. The first kappa shape index (κ1) is 12.0. The lowest BCUT2D eigenvalue weighted by atomic mass is 10.2. The molecule has 0 saturated heterocycles. The van der Waals surface area contributed by atoms with Gasteiger partial charge in [-0.2, -0.15) is 0 Å². The molecule has 4 N–H and O–H groups in total. The number of nitrogens with zero attached hydrogens (tertiary/aromatic N) is 2. The molecule has 0 atom stereocenters. The van der Waals surface area contributed by atoms with Crippen LogP contribution in [0.3, 0.4) is 0 Å². The van der Waals surface area contributed by atoms with Gasteiger partial charge in [0.1, 0.15) is 0 Å². The molecular weight excluding hydrogens is 244 g/mol. The highest BCUT2D eigenvalue weighted by Gasteiger charge is 2.30. The third kappa shape index (κ3) is 2.26. The number of nitrogen functional groups attached to an aromatic ring is 1. The first-order valence-corrected chi connectivity index (χ1v) is 6.36. The molecular formula is C13H16N4O2. The number of rotatable bonds is 4. The van der Waals surface area contributed by atoms with Crippen LogP contribution in [0, 0.1) is 0 Å². The van der Waals surface area contributed by atoms with Crippen LogP contribution < -0.4 is 16.2 Å². The van der Waals surface area contributed by atoms with Gasteiger partial charge in [0.2, 0.25) is 5.95 Å². The van der Waals surface area contributed by atoms with Crippen molar-refractivity contribution in [1.82, 2.24) is 9.97 Å². The predicted octanol–water partition coefficient (Wildman–Crippen LogP) is 0.466. The van der Waals surface area contributed by atoms with Gasteiger partial charge in [0.05, 0.1) is 17.5 Å². The second kappa shape index (κ2) is 4.55. The van der Waals surface area contributed by atoms with Crippen LogP contribution in [0.4, 0.5) is 11.6 Å². The summed E-state index contributed by atoms with van der Waals surface area (Å²) in [7, 11) is 0. The van der Waals surface area contributed by atoms with E-state index >= 15 is 0 Å². The van der Waals surface area contributed by atoms with E-state index in [4.69, 9.17) is 10.8 Å². The van der Waals surface area contributed by atoms with Crippen molar-refractivity contribution >= 4 is 22.5 Å². The number of nitrogens with two attached hydrogens (primary N) is 1. The molecule has 0 spiro atoms. The molecule has 1 aliphatic rings. The zero-order valence-corrected chi connectivity index (χ0v) is 10.5. The number of fused-ring (bicyclic) bond motifs is 1. The molecule has 1 aromatic heterocycles. The molecule has 1 aliphatic carbocycles. The number of H-pyrrole nitrogens is 1. The van der Waals surface area contributed by atoms with Crippen molar-refractivity contribution in [2.75, 3.05) is 23.8 Å². The third-order valence-electron chi connectivity index (χ3n) is 3.32. The Balaban J connectivity index is 2.09. The summed E-state index contributed by atoms with van der Waals surface area (Å²) in [5.74, 6) is 0.527. The highest BCUT2D eigenvalue weighted by Crippen LogP contribution is 2.29. The van der Waals surface area contributed by atoms with E-state index in [2.05, 4.69) is 9.97 Å². The summed E-state index contributed by atoms with van der Waals surface area (Å²) in [6.45, 7) is 0.522. The third-order valence-corrected chi connectivity index (χ3v) is 3.32. The largest absolute Gasteiger partial charge is 0.399 e. The number of hydrogen-bond acceptors (Lipinski definition) is 5. The molecule has 19 heavy (non-hydrogen) atoms. The lowest BCUT2D eigenvalue weighted by Gasteiger charge is -2.21. The number of nitrogens with one attached hydrogen (secondary N) is 1. The quantitative estimate of drug-likeness (QED) is 0.694. The van der Waals surface area contributed by atoms with Crippen molar-refractivity contribution < 1.29 is 5.11 Å². The fourth-order valence-electron chi connectivity index (χ4n) is 2.24. The molecule has 0 unspecified atom stereocenters. The number of aromatic amines is 1. The smallest absolute Gasteiger partial charge is 0.260 e. The maximum atomic E-state index is 12.1. The first-order chi connectivity index (χ1) is 9.19. The van der Waals surface area contributed by atoms with Crippen molar-refractivity contribution in [1.29, 1.82) is 0 Å². The molecule has 0 bridgehead atoms. The lowest BCUT2D eigenvalue weighted by Crippen LogP contribution is -2.32. The highest BCUT2D eigenvalue weighted by molar-refractivity contribution is 5.81. The molecule has 3 rings (SSSR count). The summed E-state index contributed by atoms with van der Waals surface area (Å²) in [4.78, 5) is 21.3. The monoisotopic (exact) mass is 260 g/mol. The summed E-state index contributed by atoms with van der Waals surface area (Å²) in [6.07, 6.45) is 2.15. The Hall–Kier alpha value is -2.08. The van der Waals surface area contributed by atoms with E-state index in [-0.39, 0.29) is 12.2 Å². The van der Waals surface area contributed by atoms with Gasteiger partial charge >= 0.3 is 0 Å². The minimum absolute atomic E-state index is 0.0417. The van der Waals surface area contributed by atoms with Crippen molar-refractivity contribution in [3.8, 4) is 0 Å². The van der Waals surface area contributed by atoms with Crippen LogP contribution in [0.5, 0.6) is 0 Å². The number of anilines is 2. The molecule has 6 nitrogen and oxygen atoms in total. The van der Waals surface area contributed by atoms with Gasteiger partial charge in [-0.1, -0.05) is 0 Å². The van der Waals surface area contributed by atoms with Crippen molar-refractivity contribution in [2.45, 2.75) is 18.9 Å². The summed E-state index contributed by atoms with van der Waals surface area (Å²) in [5.41, 5.74) is 6.64. The lowest BCUT2D eigenvalue weighted by molar-refractivity contribution is 0.300. The van der Waals surface area contributed by atoms with Gasteiger partial charge in [0.15, 0.2) is 0 Å². The zero-order valence-electron chi connectivity index (χ0n) is 10.5. The Morgan fingerprint density at radius 1 is 1.47 bits per heavy atom. The highest BCUT2D eigenvalue weighted by atomic mass is 16.3. The van der Waals surface area contributed by atoms with E-state index in [0.717, 1.165) is 12.8 Å². The molecule has 0 amide bonds. The average Bonchev–Trinajstić information content (AvgIpc) is 3.21. The van der Waals surface area contributed by atoms with Crippen LogP contribution in [0.2, 0.25) is 0 Å². The fourth-order valence-corrected chi connectivity index (χ4v) is 2.24. The summed E-state index contributed by atoms with van der Waals surface area (Å²) in [6, 6.07) is 5.47. The Bertz CT molecular complexity index is 663. The van der Waals surface area contributed by atoms with E-state index in [1.807, 2.05) is 4.90 Å². The van der Waals surface area contributed by atoms with Gasteiger partial charge in [0, 0.05) is 18.3 Å². The molecule has 0 radical (unpaired) electrons. The topological polar surface area (TPSA) is 95.2 Å². The Kier molecular flexibility index (Phi) is 2.87. The van der Waals surface area contributed by atoms with Gasteiger partial charge in [-0.3, -0.25) is 9.78 Å². The Morgan fingerprint density at radius 3 is 2.95 bits per heavy atom. The summed E-state index contributed by atoms with van der Waals surface area (Å²) < 4.78 is 0. The molecule has 2 aromatic rings. The molecule has 0 aliphatic heterocycles. The fraction of sp³-hybridized carbons (Fsp3) is 0.385. The number of hydrogen-bond donors (Lipinski definition) is 3. The van der Waals surface area contributed by atoms with Crippen LogP contribution in [-0.4, -0.2) is 34.3 Å². The van der Waals surface area contributed by atoms with E-state index in [9.17, 15) is 4.79 Å². The minimum atomic E-state index is -0.198. The predicted molar refractivity (Wildman–Crippen MR) is 74.2 cm³/mol. The van der Waals surface area contributed by atoms with Gasteiger partial charge in [-0.25, -0.2) is 4.98 Å². The normalized spacial score (nSPS) is 14.8. The Labute approximate surface area is 109 Å². The van der Waals surface area contributed by atoms with Crippen LogP contribution in [0.15, 0.2) is 23.0 Å². The second-order valence-corrected chi connectivity index (χ2v) is 4.81. The van der Waals surface area contributed by atoms with Crippen LogP contribution in [0.1, 0.15) is 12.8 Å². The summed E-state index contributed by atoms with van der Waals surface area (Å²) in [5, 5.41) is 9.60. The SMILES string of the molecule is Nc1ccc2nc(N(CCO)C3CC3)[nH]c(=O)c2c1. The minimum Gasteiger partial charge on any atom is -0.399 e. The molecule has 6 heteroatoms. The van der Waals surface area contributed by atoms with Gasteiger partial charge in [-0.15, -0.1) is 0 Å². The van der Waals surface area contributed by atoms with Crippen molar-refractivity contribution in [3.63, 3.8) is 0 Å². The first-order valence-electron chi connectivity index (χ1n) is 6.36. The molecule has 1 heterocycles. The Morgan fingerprint density at radius 2 is 2.26 bits per heavy atom. The zero-order chi connectivity index (χ0) is 13.4. The standard InChI is InChI=1S/C13H16N4O2/c14-8-1-4-11-10(7-8)12(19)16-13(15-11)17(5-6-18)9-2-3-9/h1,4,7,9,18H,2-3,5-6,14H2,(H,15,16,19). The number of benzene rings is 1. The van der Waals surface area contributed by atoms with Crippen molar-refractivity contribution in [2.24, 2.45) is 0 Å². The van der Waals surface area contributed by atoms with Gasteiger partial charge < -0.3 is 15.7 Å². The van der Waals surface area contributed by atoms with E-state index in [1.54, 1.807) is 18.2 Å². The number of aliphatic hydroxyl groups excluding tert-OH is 1. The molecule has 1 aromatic carbocycles. The van der Waals surface area contributed by atoms with E-state index in [0.29, 0.717) is 35.1 Å². The number of aromatic nitrogens is 2. The molecule has 1 saturated carbocycles. The second-order valence-electron chi connectivity index (χ2n) is 4.81. The van der Waals surface area contributed by atoms with E-state index in [1.165, 1.54) is 0 Å². The average molecular weight is 260 g/mol. The summed E-state index contributed by atoms with van der Waals surface area (Å²) >= 11 is 0. The van der Waals surface area contributed by atoms with Gasteiger partial charge in [-0.05, 0) is 31.0 Å².